The first-order chi connectivity index (χ1) is 8.53. The van der Waals surface area contributed by atoms with Crippen molar-refractivity contribution in [2.24, 2.45) is 0 Å². The average Bonchev–Trinajstić information content (AvgIpc) is 2.91. The first kappa shape index (κ1) is 12.0. The highest BCUT2D eigenvalue weighted by Gasteiger charge is 2.48. The molecule has 2 aliphatic rings. The summed E-state index contributed by atoms with van der Waals surface area (Å²) in [6, 6.07) is 2.04. The smallest absolute Gasteiger partial charge is 0.304 e. The van der Waals surface area contributed by atoms with Crippen LogP contribution in [-0.4, -0.2) is 16.2 Å². The lowest BCUT2D eigenvalue weighted by atomic mass is 9.89. The Morgan fingerprint density at radius 1 is 1.39 bits per heavy atom. The van der Waals surface area contributed by atoms with Crippen LogP contribution in [0.5, 0.6) is 5.75 Å². The summed E-state index contributed by atoms with van der Waals surface area (Å²) in [5.74, 6) is -0.530. The fraction of sp³-hybridized carbons (Fsp3) is 0.500. The maximum atomic E-state index is 11.0. The van der Waals surface area contributed by atoms with E-state index in [-0.39, 0.29) is 17.6 Å². The molecular weight excluding hydrogens is 296 g/mol. The van der Waals surface area contributed by atoms with E-state index in [2.05, 4.69) is 15.9 Å². The van der Waals surface area contributed by atoms with Crippen LogP contribution >= 0.6 is 15.9 Å². The van der Waals surface area contributed by atoms with E-state index in [1.54, 1.807) is 0 Å². The van der Waals surface area contributed by atoms with E-state index in [0.29, 0.717) is 0 Å². The van der Waals surface area contributed by atoms with Gasteiger partial charge in [-0.15, -0.1) is 0 Å². The number of benzene rings is 1. The monoisotopic (exact) mass is 310 g/mol. The van der Waals surface area contributed by atoms with Crippen LogP contribution in [0.25, 0.3) is 0 Å². The molecule has 18 heavy (non-hydrogen) atoms. The van der Waals surface area contributed by atoms with Gasteiger partial charge in [-0.25, -0.2) is 0 Å². The number of fused-ring (bicyclic) bond motifs is 1. The summed E-state index contributed by atoms with van der Waals surface area (Å²) in [6.45, 7) is 0. The number of halogens is 1. The van der Waals surface area contributed by atoms with E-state index in [0.717, 1.165) is 42.1 Å². The number of carboxylic acid groups (broad SMARTS) is 1. The minimum atomic E-state index is -0.788. The van der Waals surface area contributed by atoms with Gasteiger partial charge in [0.1, 0.15) is 5.75 Å². The molecule has 2 N–H and O–H groups in total. The van der Waals surface area contributed by atoms with Crippen LogP contribution in [0.3, 0.4) is 0 Å². The Labute approximate surface area is 114 Å². The zero-order valence-electron chi connectivity index (χ0n) is 10.0. The van der Waals surface area contributed by atoms with E-state index >= 15 is 0 Å². The van der Waals surface area contributed by atoms with Crippen LogP contribution in [0.2, 0.25) is 0 Å². The molecule has 0 bridgehead atoms. The lowest BCUT2D eigenvalue weighted by Crippen LogP contribution is -2.14. The summed E-state index contributed by atoms with van der Waals surface area (Å²) in [7, 11) is 0. The van der Waals surface area contributed by atoms with Crippen LogP contribution in [-0.2, 0) is 23.1 Å². The number of phenolic OH excluding ortho intramolecular Hbond substituents is 1. The third-order valence-corrected chi connectivity index (χ3v) is 5.08. The number of hydrogen-bond acceptors (Lipinski definition) is 2. The number of aliphatic carboxylic acids is 1. The SMILES string of the molecule is O=C(O)CC1(c2cc3c(c(Br)c2O)CCC3)CC1. The molecule has 3 nitrogen and oxygen atoms in total. The van der Waals surface area contributed by atoms with Crippen LogP contribution in [0.4, 0.5) is 0 Å². The summed E-state index contributed by atoms with van der Waals surface area (Å²) >= 11 is 3.47. The number of rotatable bonds is 3. The van der Waals surface area contributed by atoms with Gasteiger partial charge in [-0.2, -0.15) is 0 Å². The molecule has 0 spiro atoms. The van der Waals surface area contributed by atoms with Gasteiger partial charge in [0.05, 0.1) is 10.9 Å². The lowest BCUT2D eigenvalue weighted by molar-refractivity contribution is -0.137. The van der Waals surface area contributed by atoms with E-state index in [1.807, 2.05) is 6.07 Å². The summed E-state index contributed by atoms with van der Waals surface area (Å²) in [5, 5.41) is 19.3. The van der Waals surface area contributed by atoms with Gasteiger partial charge >= 0.3 is 5.97 Å². The Balaban J connectivity index is 2.08. The third kappa shape index (κ3) is 1.74. The van der Waals surface area contributed by atoms with Crippen molar-refractivity contribution in [3.63, 3.8) is 0 Å². The normalized spacial score (nSPS) is 19.6. The molecule has 0 radical (unpaired) electrons. The maximum absolute atomic E-state index is 11.0. The highest BCUT2D eigenvalue weighted by atomic mass is 79.9. The van der Waals surface area contributed by atoms with Crippen molar-refractivity contribution in [2.75, 3.05) is 0 Å². The molecule has 0 amide bonds. The molecule has 3 rings (SSSR count). The second-order valence-corrected chi connectivity index (χ2v) is 6.22. The molecule has 4 heteroatoms. The van der Waals surface area contributed by atoms with Crippen LogP contribution in [0.1, 0.15) is 42.4 Å². The summed E-state index contributed by atoms with van der Waals surface area (Å²) in [4.78, 5) is 11.0. The van der Waals surface area contributed by atoms with Crippen LogP contribution in [0, 0.1) is 0 Å². The Kier molecular flexibility index (Phi) is 2.66. The quantitative estimate of drug-likeness (QED) is 0.901. The van der Waals surface area contributed by atoms with Gasteiger partial charge in [0.25, 0.3) is 0 Å². The van der Waals surface area contributed by atoms with Crippen LogP contribution < -0.4 is 0 Å². The molecule has 0 heterocycles. The highest BCUT2D eigenvalue weighted by Crippen LogP contribution is 2.56. The number of carboxylic acids is 1. The summed E-state index contributed by atoms with van der Waals surface area (Å²) in [5.41, 5.74) is 2.97. The van der Waals surface area contributed by atoms with Gasteiger partial charge < -0.3 is 10.2 Å². The number of phenols is 1. The topological polar surface area (TPSA) is 57.5 Å². The second kappa shape index (κ2) is 3.98. The molecule has 0 atom stereocenters. The molecule has 0 saturated heterocycles. The standard InChI is InChI=1S/C14H15BrO3/c15-12-9-3-1-2-8(9)6-10(13(12)18)14(4-5-14)7-11(16)17/h6,18H,1-5,7H2,(H,16,17). The van der Waals surface area contributed by atoms with Crippen molar-refractivity contribution in [1.29, 1.82) is 0 Å². The van der Waals surface area contributed by atoms with Gasteiger partial charge in [-0.1, -0.05) is 6.07 Å². The van der Waals surface area contributed by atoms with Crippen molar-refractivity contribution < 1.29 is 15.0 Å². The van der Waals surface area contributed by atoms with E-state index in [9.17, 15) is 9.90 Å². The van der Waals surface area contributed by atoms with Gasteiger partial charge in [0, 0.05) is 11.0 Å². The fourth-order valence-electron chi connectivity index (χ4n) is 3.07. The van der Waals surface area contributed by atoms with Crippen molar-refractivity contribution in [3.05, 3.63) is 27.2 Å². The van der Waals surface area contributed by atoms with E-state index < -0.39 is 5.97 Å². The molecule has 2 aliphatic carbocycles. The molecular formula is C14H15BrO3. The number of aryl methyl sites for hydroxylation is 1. The fourth-order valence-corrected chi connectivity index (χ4v) is 3.73. The predicted octanol–water partition coefficient (Wildman–Crippen LogP) is 3.15. The molecule has 1 saturated carbocycles. The number of aromatic hydroxyl groups is 1. The van der Waals surface area contributed by atoms with Crippen molar-refractivity contribution in [3.8, 4) is 5.75 Å². The predicted molar refractivity (Wildman–Crippen MR) is 71.0 cm³/mol. The van der Waals surface area contributed by atoms with E-state index in [4.69, 9.17) is 5.11 Å². The maximum Gasteiger partial charge on any atom is 0.304 e. The Morgan fingerprint density at radius 2 is 2.11 bits per heavy atom. The average molecular weight is 311 g/mol. The molecule has 96 valence electrons. The molecule has 0 aromatic heterocycles. The second-order valence-electron chi connectivity index (χ2n) is 5.43. The van der Waals surface area contributed by atoms with Crippen molar-refractivity contribution in [1.82, 2.24) is 0 Å². The molecule has 1 aromatic carbocycles. The Morgan fingerprint density at radius 3 is 2.72 bits per heavy atom. The largest absolute Gasteiger partial charge is 0.506 e. The number of carbonyl (C=O) groups is 1. The molecule has 0 unspecified atom stereocenters. The molecule has 1 fully saturated rings. The Bertz CT molecular complexity index is 532. The summed E-state index contributed by atoms with van der Waals surface area (Å²) < 4.78 is 0.782. The minimum Gasteiger partial charge on any atom is -0.506 e. The van der Waals surface area contributed by atoms with Crippen molar-refractivity contribution >= 4 is 21.9 Å². The summed E-state index contributed by atoms with van der Waals surface area (Å²) in [6.07, 6.45) is 4.98. The molecule has 1 aromatic rings. The van der Waals surface area contributed by atoms with Gasteiger partial charge in [0.15, 0.2) is 0 Å². The van der Waals surface area contributed by atoms with Gasteiger partial charge in [-0.05, 0) is 59.2 Å². The highest BCUT2D eigenvalue weighted by molar-refractivity contribution is 9.10. The zero-order chi connectivity index (χ0) is 12.9. The van der Waals surface area contributed by atoms with E-state index in [1.165, 1.54) is 11.1 Å². The lowest BCUT2D eigenvalue weighted by Gasteiger charge is -2.18. The first-order valence-corrected chi connectivity index (χ1v) is 7.08. The van der Waals surface area contributed by atoms with Gasteiger partial charge in [0.2, 0.25) is 0 Å². The minimum absolute atomic E-state index is 0.117. The van der Waals surface area contributed by atoms with Crippen LogP contribution in [0.15, 0.2) is 10.5 Å². The van der Waals surface area contributed by atoms with Crippen molar-refractivity contribution in [2.45, 2.75) is 43.9 Å². The van der Waals surface area contributed by atoms with Gasteiger partial charge in [-0.3, -0.25) is 4.79 Å². The number of hydrogen-bond donors (Lipinski definition) is 2. The Hall–Kier alpha value is -1.03. The zero-order valence-corrected chi connectivity index (χ0v) is 11.6. The first-order valence-electron chi connectivity index (χ1n) is 6.29. The third-order valence-electron chi connectivity index (χ3n) is 4.22. The molecule has 0 aliphatic heterocycles.